The maximum Gasteiger partial charge on any atom is 0.315 e. The van der Waals surface area contributed by atoms with Gasteiger partial charge in [-0.1, -0.05) is 29.8 Å². The molecule has 1 N–H and O–H groups in total. The number of ether oxygens (including phenoxy) is 1. The van der Waals surface area contributed by atoms with Crippen molar-refractivity contribution in [2.24, 2.45) is 0 Å². The fraction of sp³-hybridized carbons (Fsp3) is 0.136. The Bertz CT molecular complexity index is 1020. The van der Waals surface area contributed by atoms with Gasteiger partial charge in [-0.3, -0.25) is 14.6 Å². The number of hydrogen-bond acceptors (Lipinski definition) is 4. The summed E-state index contributed by atoms with van der Waals surface area (Å²) in [5, 5.41) is 3.19. The Labute approximate surface area is 168 Å². The van der Waals surface area contributed by atoms with Gasteiger partial charge < -0.3 is 10.1 Å². The van der Waals surface area contributed by atoms with Crippen LogP contribution in [0, 0.1) is 13.8 Å². The monoisotopic (exact) mass is 394 g/mol. The fourth-order valence-electron chi connectivity index (χ4n) is 2.67. The summed E-state index contributed by atoms with van der Waals surface area (Å²) in [6.45, 7) is 3.71. The molecule has 0 saturated carbocycles. The second-order valence-electron chi connectivity index (χ2n) is 6.32. The number of aryl methyl sites for hydroxylation is 1. The van der Waals surface area contributed by atoms with Crippen molar-refractivity contribution in [1.29, 1.82) is 0 Å². The fourth-order valence-corrected chi connectivity index (χ4v) is 2.85. The maximum atomic E-state index is 12.8. The molecule has 0 radical (unpaired) electrons. The predicted octanol–water partition coefficient (Wildman–Crippen LogP) is 4.75. The molecule has 3 rings (SSSR count). The van der Waals surface area contributed by atoms with Gasteiger partial charge in [0.15, 0.2) is 0 Å². The van der Waals surface area contributed by atoms with E-state index in [-0.39, 0.29) is 17.7 Å². The van der Waals surface area contributed by atoms with Gasteiger partial charge in [0, 0.05) is 12.4 Å². The Morgan fingerprint density at radius 2 is 1.75 bits per heavy atom. The van der Waals surface area contributed by atoms with Crippen LogP contribution in [0.1, 0.15) is 27.0 Å². The summed E-state index contributed by atoms with van der Waals surface area (Å²) >= 11 is 6.12. The summed E-state index contributed by atoms with van der Waals surface area (Å²) in [7, 11) is 0. The molecular formula is C22H19ClN2O3. The molecule has 0 aliphatic rings. The van der Waals surface area contributed by atoms with E-state index in [1.807, 2.05) is 19.9 Å². The number of carbonyl (C=O) groups is 2. The molecule has 0 aliphatic heterocycles. The molecule has 142 valence electrons. The highest BCUT2D eigenvalue weighted by Gasteiger charge is 2.20. The van der Waals surface area contributed by atoms with E-state index in [9.17, 15) is 9.59 Å². The molecule has 0 fully saturated rings. The van der Waals surface area contributed by atoms with Crippen LogP contribution >= 0.6 is 11.6 Å². The Hall–Kier alpha value is -3.18. The average molecular weight is 395 g/mol. The zero-order valence-electron chi connectivity index (χ0n) is 15.5. The summed E-state index contributed by atoms with van der Waals surface area (Å²) in [5.74, 6) is -0.599. The molecule has 28 heavy (non-hydrogen) atoms. The number of para-hydroxylation sites is 1. The first-order valence-corrected chi connectivity index (χ1v) is 9.09. The third-order valence-corrected chi connectivity index (χ3v) is 4.69. The number of nitrogens with zero attached hydrogens (tertiary/aromatic N) is 1. The van der Waals surface area contributed by atoms with E-state index in [0.717, 1.165) is 16.7 Å². The number of carbonyl (C=O) groups excluding carboxylic acids is 2. The summed E-state index contributed by atoms with van der Waals surface area (Å²) in [4.78, 5) is 29.2. The number of hydrogen-bond donors (Lipinski definition) is 1. The van der Waals surface area contributed by atoms with Gasteiger partial charge >= 0.3 is 5.97 Å². The van der Waals surface area contributed by atoms with Gasteiger partial charge in [0.05, 0.1) is 22.7 Å². The van der Waals surface area contributed by atoms with E-state index in [4.69, 9.17) is 16.3 Å². The van der Waals surface area contributed by atoms with Gasteiger partial charge in [0.1, 0.15) is 5.75 Å². The van der Waals surface area contributed by atoms with Gasteiger partial charge in [0.2, 0.25) is 0 Å². The maximum absolute atomic E-state index is 12.8. The lowest BCUT2D eigenvalue weighted by Crippen LogP contribution is -2.18. The number of aromatic nitrogens is 1. The van der Waals surface area contributed by atoms with E-state index in [2.05, 4.69) is 10.3 Å². The zero-order valence-corrected chi connectivity index (χ0v) is 16.3. The topological polar surface area (TPSA) is 68.3 Å². The molecule has 0 aliphatic carbocycles. The van der Waals surface area contributed by atoms with Crippen LogP contribution < -0.4 is 10.1 Å². The lowest BCUT2D eigenvalue weighted by atomic mass is 10.0. The molecule has 5 nitrogen and oxygen atoms in total. The minimum absolute atomic E-state index is 0.0848. The molecule has 0 saturated heterocycles. The van der Waals surface area contributed by atoms with E-state index in [0.29, 0.717) is 10.7 Å². The molecule has 6 heteroatoms. The van der Waals surface area contributed by atoms with Crippen LogP contribution in [0.25, 0.3) is 0 Å². The molecule has 1 heterocycles. The average Bonchev–Trinajstić information content (AvgIpc) is 2.68. The SMILES string of the molecule is Cc1ccc(C(=O)Nc2ccccc2Cl)c(OC(=O)Cc2ccncc2)c1C. The molecule has 0 atom stereocenters. The number of nitrogens with one attached hydrogen (secondary N) is 1. The van der Waals surface area contributed by atoms with Gasteiger partial charge in [-0.15, -0.1) is 0 Å². The van der Waals surface area contributed by atoms with Crippen LogP contribution in [-0.2, 0) is 11.2 Å². The normalized spacial score (nSPS) is 10.4. The smallest absolute Gasteiger partial charge is 0.315 e. The van der Waals surface area contributed by atoms with E-state index < -0.39 is 11.9 Å². The van der Waals surface area contributed by atoms with Gasteiger partial charge in [-0.2, -0.15) is 0 Å². The van der Waals surface area contributed by atoms with E-state index >= 15 is 0 Å². The largest absolute Gasteiger partial charge is 0.425 e. The minimum atomic E-state index is -0.452. The summed E-state index contributed by atoms with van der Waals surface area (Å²) in [5.41, 5.74) is 3.19. The lowest BCUT2D eigenvalue weighted by Gasteiger charge is -2.15. The Morgan fingerprint density at radius 3 is 2.46 bits per heavy atom. The molecule has 0 unspecified atom stereocenters. The number of pyridine rings is 1. The standard InChI is InChI=1S/C22H19ClN2O3/c1-14-7-8-17(22(27)25-19-6-4-3-5-18(19)23)21(15(14)2)28-20(26)13-16-9-11-24-12-10-16/h3-12H,13H2,1-2H3,(H,25,27). The second-order valence-corrected chi connectivity index (χ2v) is 6.73. The number of rotatable bonds is 5. The van der Waals surface area contributed by atoms with Crippen molar-refractivity contribution in [2.45, 2.75) is 20.3 Å². The van der Waals surface area contributed by atoms with Crippen LogP contribution in [0.15, 0.2) is 60.9 Å². The highest BCUT2D eigenvalue weighted by atomic mass is 35.5. The van der Waals surface area contributed by atoms with Crippen LogP contribution in [0.5, 0.6) is 5.75 Å². The quantitative estimate of drug-likeness (QED) is 0.500. The van der Waals surface area contributed by atoms with E-state index in [1.165, 1.54) is 0 Å². The van der Waals surface area contributed by atoms with Gasteiger partial charge in [-0.25, -0.2) is 0 Å². The molecule has 2 aromatic carbocycles. The highest BCUT2D eigenvalue weighted by Crippen LogP contribution is 2.29. The van der Waals surface area contributed by atoms with Crippen molar-refractivity contribution < 1.29 is 14.3 Å². The minimum Gasteiger partial charge on any atom is -0.425 e. The first-order valence-electron chi connectivity index (χ1n) is 8.71. The Morgan fingerprint density at radius 1 is 1.04 bits per heavy atom. The number of benzene rings is 2. The van der Waals surface area contributed by atoms with Crippen molar-refractivity contribution in [3.8, 4) is 5.75 Å². The summed E-state index contributed by atoms with van der Waals surface area (Å²) in [6.07, 6.45) is 3.31. The van der Waals surface area contributed by atoms with Crippen LogP contribution in [0.3, 0.4) is 0 Å². The van der Waals surface area contributed by atoms with Crippen molar-refractivity contribution in [2.75, 3.05) is 5.32 Å². The first-order chi connectivity index (χ1) is 13.5. The van der Waals surface area contributed by atoms with E-state index in [1.54, 1.807) is 54.9 Å². The summed E-state index contributed by atoms with van der Waals surface area (Å²) in [6, 6.07) is 13.9. The number of halogens is 1. The van der Waals surface area contributed by atoms with Crippen LogP contribution in [0.2, 0.25) is 5.02 Å². The van der Waals surface area contributed by atoms with Gasteiger partial charge in [0.25, 0.3) is 5.91 Å². The number of anilines is 1. The molecular weight excluding hydrogens is 376 g/mol. The zero-order chi connectivity index (χ0) is 20.1. The molecule has 1 aromatic heterocycles. The summed E-state index contributed by atoms with van der Waals surface area (Å²) < 4.78 is 5.60. The Kier molecular flexibility index (Phi) is 6.06. The van der Waals surface area contributed by atoms with Gasteiger partial charge in [-0.05, 0) is 60.9 Å². The highest BCUT2D eigenvalue weighted by molar-refractivity contribution is 6.34. The molecule has 0 bridgehead atoms. The van der Waals surface area contributed by atoms with Crippen molar-refractivity contribution >= 4 is 29.2 Å². The van der Waals surface area contributed by atoms with Crippen molar-refractivity contribution in [3.05, 3.63) is 88.2 Å². The van der Waals surface area contributed by atoms with Crippen LogP contribution in [-0.4, -0.2) is 16.9 Å². The van der Waals surface area contributed by atoms with Crippen LogP contribution in [0.4, 0.5) is 5.69 Å². The third-order valence-electron chi connectivity index (χ3n) is 4.36. The predicted molar refractivity (Wildman–Crippen MR) is 109 cm³/mol. The Balaban J connectivity index is 1.86. The molecule has 1 amide bonds. The third kappa shape index (κ3) is 4.56. The molecule has 3 aromatic rings. The molecule has 0 spiro atoms. The van der Waals surface area contributed by atoms with Crippen molar-refractivity contribution in [3.63, 3.8) is 0 Å². The second kappa shape index (κ2) is 8.67. The number of esters is 1. The lowest BCUT2D eigenvalue weighted by molar-refractivity contribution is -0.133. The first kappa shape index (κ1) is 19.6. The number of amides is 1. The van der Waals surface area contributed by atoms with Crippen molar-refractivity contribution in [1.82, 2.24) is 4.98 Å².